The van der Waals surface area contributed by atoms with Crippen molar-refractivity contribution in [2.75, 3.05) is 21.3 Å². The molecule has 4 aromatic carbocycles. The first-order chi connectivity index (χ1) is 24.4. The predicted molar refractivity (Wildman–Crippen MR) is 196 cm³/mol. The lowest BCUT2D eigenvalue weighted by Crippen LogP contribution is -2.25. The van der Waals surface area contributed by atoms with Crippen LogP contribution in [0.5, 0.6) is 0 Å². The zero-order chi connectivity index (χ0) is 36.4. The summed E-state index contributed by atoms with van der Waals surface area (Å²) in [6.07, 6.45) is 7.86. The SMILES string of the molecule is C[n+]1ccc(Nc2ccc(NC(=O)c3ccc(C(=O)Nc4ccc(Nc5cc[n+](C)cc5)cc4)cc3)cc2)cc1.Cc1ccc(S(=O)(=O)[O-])cc1. The minimum absolute atomic E-state index is 0.178. The summed E-state index contributed by atoms with van der Waals surface area (Å²) in [7, 11) is -0.336. The molecule has 2 amide bonds. The van der Waals surface area contributed by atoms with Crippen LogP contribution in [0.15, 0.2) is 151 Å². The van der Waals surface area contributed by atoms with Crippen molar-refractivity contribution in [3.05, 3.63) is 163 Å². The second kappa shape index (κ2) is 16.4. The number of amides is 2. The molecule has 0 saturated carbocycles. The van der Waals surface area contributed by atoms with Gasteiger partial charge in [-0.2, -0.15) is 0 Å². The molecule has 0 aliphatic rings. The molecule has 0 aliphatic carbocycles. The minimum atomic E-state index is -4.27. The first-order valence-electron chi connectivity index (χ1n) is 15.8. The third-order valence-corrected chi connectivity index (χ3v) is 8.39. The number of hydrogen-bond donors (Lipinski definition) is 4. The molecule has 0 aliphatic heterocycles. The fraction of sp³-hybridized carbons (Fsp3) is 0.0769. The Morgan fingerprint density at radius 1 is 0.490 bits per heavy atom. The van der Waals surface area contributed by atoms with E-state index in [1.54, 1.807) is 36.4 Å². The molecule has 0 saturated heterocycles. The Bertz CT molecular complexity index is 2070. The number of pyridine rings is 2. The molecule has 51 heavy (non-hydrogen) atoms. The van der Waals surface area contributed by atoms with Crippen molar-refractivity contribution in [2.24, 2.45) is 14.1 Å². The molecule has 0 spiro atoms. The van der Waals surface area contributed by atoms with Gasteiger partial charge >= 0.3 is 0 Å². The van der Waals surface area contributed by atoms with Crippen LogP contribution in [0.4, 0.5) is 34.1 Å². The highest BCUT2D eigenvalue weighted by Gasteiger charge is 2.11. The maximum absolute atomic E-state index is 12.7. The normalized spacial score (nSPS) is 10.7. The average Bonchev–Trinajstić information content (AvgIpc) is 3.12. The van der Waals surface area contributed by atoms with E-state index >= 15 is 0 Å². The smallest absolute Gasteiger partial charge is 0.255 e. The summed E-state index contributed by atoms with van der Waals surface area (Å²) in [6, 6.07) is 35.3. The lowest BCUT2D eigenvalue weighted by atomic mass is 10.1. The maximum Gasteiger partial charge on any atom is 0.255 e. The molecule has 6 rings (SSSR count). The van der Waals surface area contributed by atoms with E-state index in [1.165, 1.54) is 12.1 Å². The second-order valence-electron chi connectivity index (χ2n) is 11.7. The molecule has 0 atom stereocenters. The number of benzene rings is 4. The standard InChI is InChI=1S/C32H28N6O2.C7H8O3S/c1-37-19-15-29(16-20-37)33-25-7-11-27(12-8-25)35-31(39)23-3-5-24(6-4-23)32(40)36-28-13-9-26(10-14-28)34-30-17-21-38(2)22-18-30;1-6-2-4-7(5-3-6)11(8,9)10/h3-22H,1-2H3,(H2,35,36,39,40);2-5H,1H3,(H,8,9,10)/p+1. The summed E-state index contributed by atoms with van der Waals surface area (Å²) in [4.78, 5) is 25.3. The average molecular weight is 702 g/mol. The van der Waals surface area contributed by atoms with Crippen LogP contribution in [0.2, 0.25) is 0 Å². The molecule has 11 nitrogen and oxygen atoms in total. The number of carbonyl (C=O) groups excluding carboxylic acids is 2. The number of anilines is 6. The van der Waals surface area contributed by atoms with Crippen molar-refractivity contribution >= 4 is 56.1 Å². The van der Waals surface area contributed by atoms with Gasteiger partial charge < -0.3 is 25.8 Å². The molecule has 12 heteroatoms. The van der Waals surface area contributed by atoms with Gasteiger partial charge in [-0.05, 0) is 91.9 Å². The van der Waals surface area contributed by atoms with Crippen molar-refractivity contribution in [1.82, 2.24) is 0 Å². The molecule has 2 heterocycles. The third kappa shape index (κ3) is 10.8. The Hall–Kier alpha value is -6.37. The van der Waals surface area contributed by atoms with Crippen molar-refractivity contribution in [3.8, 4) is 0 Å². The Kier molecular flexibility index (Phi) is 11.5. The zero-order valence-electron chi connectivity index (χ0n) is 28.2. The highest BCUT2D eigenvalue weighted by Crippen LogP contribution is 2.21. The lowest BCUT2D eigenvalue weighted by molar-refractivity contribution is -0.671. The van der Waals surface area contributed by atoms with Crippen LogP contribution in [-0.4, -0.2) is 24.8 Å². The molecule has 0 radical (unpaired) electrons. The first-order valence-corrected chi connectivity index (χ1v) is 17.2. The van der Waals surface area contributed by atoms with Crippen LogP contribution in [0.25, 0.3) is 0 Å². The Balaban J connectivity index is 0.000000392. The van der Waals surface area contributed by atoms with E-state index in [-0.39, 0.29) is 16.7 Å². The van der Waals surface area contributed by atoms with Crippen LogP contribution in [0.3, 0.4) is 0 Å². The molecule has 0 unspecified atom stereocenters. The van der Waals surface area contributed by atoms with E-state index in [9.17, 15) is 22.6 Å². The summed E-state index contributed by atoms with van der Waals surface area (Å²) < 4.78 is 35.1. The largest absolute Gasteiger partial charge is 0.744 e. The Labute approximate surface area is 297 Å². The molecule has 4 N–H and O–H groups in total. The molecule has 2 aromatic heterocycles. The molecular weight excluding hydrogens is 665 g/mol. The van der Waals surface area contributed by atoms with Gasteiger partial charge in [0.05, 0.1) is 16.3 Å². The van der Waals surface area contributed by atoms with Crippen molar-refractivity contribution in [3.63, 3.8) is 0 Å². The Morgan fingerprint density at radius 3 is 1.14 bits per heavy atom. The van der Waals surface area contributed by atoms with Gasteiger partial charge in [-0.1, -0.05) is 17.7 Å². The van der Waals surface area contributed by atoms with E-state index in [4.69, 9.17) is 0 Å². The predicted octanol–water partition coefficient (Wildman–Crippen LogP) is 6.23. The minimum Gasteiger partial charge on any atom is -0.744 e. The molecule has 258 valence electrons. The summed E-state index contributed by atoms with van der Waals surface area (Å²) >= 11 is 0. The fourth-order valence-corrected chi connectivity index (χ4v) is 5.13. The lowest BCUT2D eigenvalue weighted by Gasteiger charge is -2.10. The number of nitrogens with zero attached hydrogens (tertiary/aromatic N) is 2. The summed E-state index contributed by atoms with van der Waals surface area (Å²) in [5.74, 6) is -0.503. The number of nitrogens with one attached hydrogen (secondary N) is 4. The number of hydrogen-bond acceptors (Lipinski definition) is 7. The molecular formula is C39H37N6O5S+. The van der Waals surface area contributed by atoms with Crippen molar-refractivity contribution in [2.45, 2.75) is 11.8 Å². The highest BCUT2D eigenvalue weighted by atomic mass is 32.2. The van der Waals surface area contributed by atoms with Gasteiger partial charge in [-0.25, -0.2) is 17.6 Å². The first kappa shape index (κ1) is 35.9. The van der Waals surface area contributed by atoms with Gasteiger partial charge in [0.15, 0.2) is 24.8 Å². The number of carbonyl (C=O) groups is 2. The van der Waals surface area contributed by atoms with E-state index < -0.39 is 10.1 Å². The quantitative estimate of drug-likeness (QED) is 0.103. The van der Waals surface area contributed by atoms with E-state index in [0.717, 1.165) is 28.3 Å². The Morgan fingerprint density at radius 2 is 0.804 bits per heavy atom. The van der Waals surface area contributed by atoms with Gasteiger partial charge in [0.1, 0.15) is 24.2 Å². The van der Waals surface area contributed by atoms with Crippen LogP contribution < -0.4 is 30.4 Å². The second-order valence-corrected chi connectivity index (χ2v) is 13.0. The van der Waals surface area contributed by atoms with Crippen molar-refractivity contribution in [1.29, 1.82) is 0 Å². The summed E-state index contributed by atoms with van der Waals surface area (Å²) in [5.41, 5.74) is 6.99. The number of aryl methyl sites for hydroxylation is 3. The van der Waals surface area contributed by atoms with E-state index in [2.05, 4.69) is 21.3 Å². The maximum atomic E-state index is 12.7. The summed E-state index contributed by atoms with van der Waals surface area (Å²) in [5, 5.41) is 12.4. The van der Waals surface area contributed by atoms with Gasteiger partial charge in [0.2, 0.25) is 0 Å². The van der Waals surface area contributed by atoms with Crippen LogP contribution in [0.1, 0.15) is 26.3 Å². The fourth-order valence-electron chi connectivity index (χ4n) is 4.66. The van der Waals surface area contributed by atoms with Crippen LogP contribution in [0, 0.1) is 6.92 Å². The topological polar surface area (TPSA) is 147 Å². The summed E-state index contributed by atoms with van der Waals surface area (Å²) in [6.45, 7) is 1.82. The van der Waals surface area contributed by atoms with Gasteiger partial charge in [-0.3, -0.25) is 9.59 Å². The van der Waals surface area contributed by atoms with Crippen LogP contribution in [-0.2, 0) is 24.2 Å². The van der Waals surface area contributed by atoms with E-state index in [1.807, 2.05) is 128 Å². The zero-order valence-corrected chi connectivity index (χ0v) is 29.0. The van der Waals surface area contributed by atoms with Gasteiger partial charge in [0, 0.05) is 58.1 Å². The van der Waals surface area contributed by atoms with Gasteiger partial charge in [-0.15, -0.1) is 0 Å². The molecule has 6 aromatic rings. The number of rotatable bonds is 9. The third-order valence-electron chi connectivity index (χ3n) is 7.54. The van der Waals surface area contributed by atoms with Gasteiger partial charge in [0.25, 0.3) is 11.8 Å². The highest BCUT2D eigenvalue weighted by molar-refractivity contribution is 7.85. The van der Waals surface area contributed by atoms with E-state index in [0.29, 0.717) is 22.5 Å². The number of aromatic nitrogens is 2. The molecule has 0 fully saturated rings. The monoisotopic (exact) mass is 701 g/mol. The van der Waals surface area contributed by atoms with Crippen LogP contribution >= 0.6 is 0 Å². The molecule has 0 bridgehead atoms. The van der Waals surface area contributed by atoms with Crippen molar-refractivity contribution < 1.29 is 31.7 Å².